The summed E-state index contributed by atoms with van der Waals surface area (Å²) in [6.45, 7) is 1.69. The van der Waals surface area contributed by atoms with Crippen molar-refractivity contribution in [2.24, 2.45) is 4.99 Å². The van der Waals surface area contributed by atoms with Crippen molar-refractivity contribution in [1.82, 2.24) is 0 Å². The first-order chi connectivity index (χ1) is 7.68. The Balaban J connectivity index is 2.51. The third-order valence-electron chi connectivity index (χ3n) is 2.97. The van der Waals surface area contributed by atoms with E-state index in [2.05, 4.69) is 4.99 Å². The second kappa shape index (κ2) is 3.06. The van der Waals surface area contributed by atoms with E-state index in [9.17, 15) is 10.2 Å². The Bertz CT molecular complexity index is 615. The molecule has 0 amide bonds. The van der Waals surface area contributed by atoms with Crippen molar-refractivity contribution in [1.29, 1.82) is 0 Å². The molecule has 1 aliphatic rings. The standard InChI is InChI=1S/C13H11NO2/c1-7(15)9-5-12(16)10-6-14-11-4-2-3-8(9)13(10)11/h2-7,15-16H,1H3. The van der Waals surface area contributed by atoms with Gasteiger partial charge in [-0.25, -0.2) is 0 Å². The number of aliphatic imine (C=N–C) groups is 1. The highest BCUT2D eigenvalue weighted by molar-refractivity contribution is 6.13. The van der Waals surface area contributed by atoms with Gasteiger partial charge in [0.25, 0.3) is 0 Å². The lowest BCUT2D eigenvalue weighted by molar-refractivity contribution is 0.200. The summed E-state index contributed by atoms with van der Waals surface area (Å²) in [5.41, 5.74) is 2.34. The molecular weight excluding hydrogens is 202 g/mol. The van der Waals surface area contributed by atoms with Crippen LogP contribution in [0.1, 0.15) is 24.2 Å². The van der Waals surface area contributed by atoms with Gasteiger partial charge in [0.2, 0.25) is 0 Å². The van der Waals surface area contributed by atoms with Crippen molar-refractivity contribution >= 4 is 22.7 Å². The van der Waals surface area contributed by atoms with Crippen LogP contribution >= 0.6 is 0 Å². The van der Waals surface area contributed by atoms with Gasteiger partial charge < -0.3 is 10.2 Å². The molecule has 0 aliphatic carbocycles. The van der Waals surface area contributed by atoms with E-state index in [0.717, 1.165) is 27.6 Å². The molecule has 0 saturated heterocycles. The van der Waals surface area contributed by atoms with Gasteiger partial charge in [0.15, 0.2) is 0 Å². The summed E-state index contributed by atoms with van der Waals surface area (Å²) in [5.74, 6) is 0.178. The average Bonchev–Trinajstić information content (AvgIpc) is 2.68. The highest BCUT2D eigenvalue weighted by Gasteiger charge is 2.18. The number of rotatable bonds is 1. The summed E-state index contributed by atoms with van der Waals surface area (Å²) < 4.78 is 0. The van der Waals surface area contributed by atoms with Gasteiger partial charge in [0.1, 0.15) is 5.75 Å². The van der Waals surface area contributed by atoms with Crippen LogP contribution in [0.15, 0.2) is 29.3 Å². The first-order valence-corrected chi connectivity index (χ1v) is 5.19. The molecule has 0 radical (unpaired) electrons. The second-order valence-electron chi connectivity index (χ2n) is 4.03. The molecule has 1 unspecified atom stereocenters. The smallest absolute Gasteiger partial charge is 0.125 e. The number of benzene rings is 2. The Labute approximate surface area is 92.7 Å². The number of aliphatic hydroxyl groups excluding tert-OH is 1. The molecule has 80 valence electrons. The van der Waals surface area contributed by atoms with E-state index in [-0.39, 0.29) is 5.75 Å². The van der Waals surface area contributed by atoms with Crippen molar-refractivity contribution in [2.75, 3.05) is 0 Å². The molecule has 0 spiro atoms. The van der Waals surface area contributed by atoms with Crippen molar-refractivity contribution in [3.63, 3.8) is 0 Å². The number of aromatic hydroxyl groups is 1. The van der Waals surface area contributed by atoms with Crippen LogP contribution in [-0.2, 0) is 0 Å². The van der Waals surface area contributed by atoms with Crippen molar-refractivity contribution in [2.45, 2.75) is 13.0 Å². The summed E-state index contributed by atoms with van der Waals surface area (Å²) in [5, 5.41) is 21.5. The van der Waals surface area contributed by atoms with Crippen LogP contribution in [0.25, 0.3) is 10.8 Å². The Morgan fingerprint density at radius 3 is 2.88 bits per heavy atom. The molecule has 3 nitrogen and oxygen atoms in total. The highest BCUT2D eigenvalue weighted by atomic mass is 16.3. The summed E-state index contributed by atoms with van der Waals surface area (Å²) in [7, 11) is 0. The molecule has 0 saturated carbocycles. The maximum atomic E-state index is 9.87. The zero-order chi connectivity index (χ0) is 11.3. The molecular formula is C13H11NO2. The van der Waals surface area contributed by atoms with E-state index in [1.165, 1.54) is 0 Å². The molecule has 0 aromatic heterocycles. The SMILES string of the molecule is CC(O)c1cc(O)c2c3c(cccc13)N=C2. The summed E-state index contributed by atoms with van der Waals surface area (Å²) in [4.78, 5) is 4.24. The maximum Gasteiger partial charge on any atom is 0.125 e. The van der Waals surface area contributed by atoms with E-state index < -0.39 is 6.10 Å². The van der Waals surface area contributed by atoms with Crippen LogP contribution in [0.2, 0.25) is 0 Å². The Kier molecular flexibility index (Phi) is 1.79. The number of phenols is 1. The summed E-state index contributed by atoms with van der Waals surface area (Å²) in [6.07, 6.45) is 1.06. The largest absolute Gasteiger partial charge is 0.507 e. The van der Waals surface area contributed by atoms with E-state index in [1.807, 2.05) is 18.2 Å². The fourth-order valence-electron chi connectivity index (χ4n) is 2.21. The number of hydrogen-bond acceptors (Lipinski definition) is 3. The van der Waals surface area contributed by atoms with Crippen LogP contribution < -0.4 is 0 Å². The van der Waals surface area contributed by atoms with Crippen molar-refractivity contribution in [3.05, 3.63) is 35.4 Å². The predicted molar refractivity (Wildman–Crippen MR) is 63.5 cm³/mol. The first kappa shape index (κ1) is 9.36. The lowest BCUT2D eigenvalue weighted by Gasteiger charge is -2.11. The number of nitrogens with zero attached hydrogens (tertiary/aromatic N) is 1. The fourth-order valence-corrected chi connectivity index (χ4v) is 2.21. The zero-order valence-electron chi connectivity index (χ0n) is 8.81. The van der Waals surface area contributed by atoms with Gasteiger partial charge in [0, 0.05) is 17.2 Å². The number of aliphatic hydroxyl groups is 1. The van der Waals surface area contributed by atoms with Gasteiger partial charge in [-0.05, 0) is 30.0 Å². The van der Waals surface area contributed by atoms with Crippen LogP contribution in [0, 0.1) is 0 Å². The first-order valence-electron chi connectivity index (χ1n) is 5.19. The molecule has 1 atom stereocenters. The third-order valence-corrected chi connectivity index (χ3v) is 2.97. The van der Waals surface area contributed by atoms with E-state index in [1.54, 1.807) is 19.2 Å². The van der Waals surface area contributed by atoms with Gasteiger partial charge in [0.05, 0.1) is 11.8 Å². The minimum absolute atomic E-state index is 0.178. The van der Waals surface area contributed by atoms with Crippen LogP contribution in [0.5, 0.6) is 5.75 Å². The van der Waals surface area contributed by atoms with E-state index in [0.29, 0.717) is 0 Å². The molecule has 1 heterocycles. The second-order valence-corrected chi connectivity index (χ2v) is 4.03. The van der Waals surface area contributed by atoms with Crippen molar-refractivity contribution < 1.29 is 10.2 Å². The molecule has 1 aliphatic heterocycles. The van der Waals surface area contributed by atoms with Gasteiger partial charge in [-0.15, -0.1) is 0 Å². The lowest BCUT2D eigenvalue weighted by Crippen LogP contribution is -1.94. The lowest BCUT2D eigenvalue weighted by atomic mass is 9.96. The molecule has 3 heteroatoms. The number of phenolic OH excluding ortho intramolecular Hbond substituents is 1. The Hall–Kier alpha value is -1.87. The molecule has 0 bridgehead atoms. The minimum atomic E-state index is -0.601. The quantitative estimate of drug-likeness (QED) is 0.653. The Morgan fingerprint density at radius 1 is 1.31 bits per heavy atom. The van der Waals surface area contributed by atoms with E-state index >= 15 is 0 Å². The molecule has 16 heavy (non-hydrogen) atoms. The summed E-state index contributed by atoms with van der Waals surface area (Å²) in [6, 6.07) is 7.37. The third kappa shape index (κ3) is 1.09. The van der Waals surface area contributed by atoms with Crippen LogP contribution in [0.3, 0.4) is 0 Å². The van der Waals surface area contributed by atoms with Crippen molar-refractivity contribution in [3.8, 4) is 5.75 Å². The van der Waals surface area contributed by atoms with Crippen LogP contribution in [-0.4, -0.2) is 16.4 Å². The minimum Gasteiger partial charge on any atom is -0.507 e. The van der Waals surface area contributed by atoms with E-state index in [4.69, 9.17) is 0 Å². The summed E-state index contributed by atoms with van der Waals surface area (Å²) >= 11 is 0. The van der Waals surface area contributed by atoms with Crippen LogP contribution in [0.4, 0.5) is 5.69 Å². The molecule has 2 aromatic carbocycles. The normalized spacial score (nSPS) is 14.6. The number of hydrogen-bond donors (Lipinski definition) is 2. The monoisotopic (exact) mass is 213 g/mol. The maximum absolute atomic E-state index is 9.87. The van der Waals surface area contributed by atoms with Gasteiger partial charge in [-0.1, -0.05) is 12.1 Å². The fraction of sp³-hybridized carbons (Fsp3) is 0.154. The van der Waals surface area contributed by atoms with Gasteiger partial charge in [-0.3, -0.25) is 4.99 Å². The van der Waals surface area contributed by atoms with Gasteiger partial charge >= 0.3 is 0 Å². The average molecular weight is 213 g/mol. The predicted octanol–water partition coefficient (Wildman–Crippen LogP) is 2.66. The zero-order valence-corrected chi connectivity index (χ0v) is 8.81. The molecule has 2 aromatic rings. The highest BCUT2D eigenvalue weighted by Crippen LogP contribution is 2.40. The molecule has 0 fully saturated rings. The molecule has 3 rings (SSSR count). The Morgan fingerprint density at radius 2 is 2.12 bits per heavy atom. The topological polar surface area (TPSA) is 52.8 Å². The van der Waals surface area contributed by atoms with Gasteiger partial charge in [-0.2, -0.15) is 0 Å². The molecule has 2 N–H and O–H groups in total.